The third-order valence-corrected chi connectivity index (χ3v) is 6.88. The molecule has 1 fully saturated rings. The molecule has 0 amide bonds. The smallest absolute Gasteiger partial charge is 0.158 e. The van der Waals surface area contributed by atoms with Crippen molar-refractivity contribution < 1.29 is 9.90 Å². The lowest BCUT2D eigenvalue weighted by Gasteiger charge is -2.34. The molecule has 2 heterocycles. The first-order valence-corrected chi connectivity index (χ1v) is 11.5. The lowest BCUT2D eigenvalue weighted by atomic mass is 9.76. The van der Waals surface area contributed by atoms with E-state index in [9.17, 15) is 9.90 Å². The van der Waals surface area contributed by atoms with Crippen LogP contribution in [0.5, 0.6) is 0 Å². The molecule has 0 spiro atoms. The zero-order chi connectivity index (χ0) is 22.9. The highest BCUT2D eigenvalue weighted by molar-refractivity contribution is 6.31. The lowest BCUT2D eigenvalue weighted by molar-refractivity contribution is -0.127. The summed E-state index contributed by atoms with van der Waals surface area (Å²) in [6.07, 6.45) is 6.38. The predicted octanol–water partition coefficient (Wildman–Crippen LogP) is 5.21. The number of carbonyl (C=O) groups excluding carboxylic acids is 1. The Morgan fingerprint density at radius 3 is 2.81 bits per heavy atom. The van der Waals surface area contributed by atoms with Crippen LogP contribution in [0.1, 0.15) is 49.4 Å². The standard InChI is InChI=1S/C26H30ClN3O2/c1-16-4-5-22-20(12-16)14-23(30-22)17(2)29-24(13-19-8-11-28-15-21(19)27)25(31)18-6-9-26(3,32)10-7-18/h4-5,8,11-12,14-15,18,24,29-30,32H,2,6-7,9-10,13H2,1,3H3. The fourth-order valence-corrected chi connectivity index (χ4v) is 4.72. The van der Waals surface area contributed by atoms with Crippen molar-refractivity contribution in [1.29, 1.82) is 0 Å². The number of hydrogen-bond donors (Lipinski definition) is 3. The molecule has 3 N–H and O–H groups in total. The second-order valence-corrected chi connectivity index (χ2v) is 9.70. The van der Waals surface area contributed by atoms with E-state index in [0.29, 0.717) is 42.8 Å². The number of ketones is 1. The second kappa shape index (κ2) is 9.08. The Bertz CT molecular complexity index is 1140. The van der Waals surface area contributed by atoms with Crippen molar-refractivity contribution in [1.82, 2.24) is 15.3 Å². The van der Waals surface area contributed by atoms with E-state index < -0.39 is 11.6 Å². The number of carbonyl (C=O) groups is 1. The van der Waals surface area contributed by atoms with Crippen molar-refractivity contribution in [2.24, 2.45) is 5.92 Å². The van der Waals surface area contributed by atoms with Gasteiger partial charge in [-0.3, -0.25) is 9.78 Å². The summed E-state index contributed by atoms with van der Waals surface area (Å²) in [6.45, 7) is 8.13. The fourth-order valence-electron chi connectivity index (χ4n) is 4.52. The number of halogens is 1. The molecule has 1 aliphatic carbocycles. The van der Waals surface area contributed by atoms with Gasteiger partial charge in [-0.25, -0.2) is 0 Å². The summed E-state index contributed by atoms with van der Waals surface area (Å²) < 4.78 is 0. The minimum absolute atomic E-state index is 0.0912. The minimum Gasteiger partial charge on any atom is -0.390 e. The molecule has 1 aromatic carbocycles. The van der Waals surface area contributed by atoms with Crippen LogP contribution in [-0.2, 0) is 11.2 Å². The fraction of sp³-hybridized carbons (Fsp3) is 0.385. The van der Waals surface area contributed by atoms with Crippen LogP contribution in [0.25, 0.3) is 16.6 Å². The van der Waals surface area contributed by atoms with Gasteiger partial charge in [0.15, 0.2) is 5.78 Å². The third-order valence-electron chi connectivity index (χ3n) is 6.54. The number of nitrogens with one attached hydrogen (secondary N) is 2. The van der Waals surface area contributed by atoms with Gasteiger partial charge in [-0.2, -0.15) is 0 Å². The Labute approximate surface area is 193 Å². The van der Waals surface area contributed by atoms with Crippen molar-refractivity contribution in [3.05, 3.63) is 71.1 Å². The number of Topliss-reactive ketones (excluding diaryl/α,β-unsaturated/α-hetero) is 1. The molecule has 2 aromatic heterocycles. The number of benzene rings is 1. The highest BCUT2D eigenvalue weighted by atomic mass is 35.5. The molecule has 5 nitrogen and oxygen atoms in total. The molecule has 32 heavy (non-hydrogen) atoms. The van der Waals surface area contributed by atoms with Crippen LogP contribution in [-0.4, -0.2) is 32.5 Å². The summed E-state index contributed by atoms with van der Waals surface area (Å²) in [7, 11) is 0. The number of aromatic nitrogens is 2. The quantitative estimate of drug-likeness (QED) is 0.461. The van der Waals surface area contributed by atoms with Crippen LogP contribution in [0.4, 0.5) is 0 Å². The molecular formula is C26H30ClN3O2. The first kappa shape index (κ1) is 22.6. The Balaban J connectivity index is 1.57. The van der Waals surface area contributed by atoms with Crippen molar-refractivity contribution >= 4 is 34.0 Å². The molecule has 1 saturated carbocycles. The highest BCUT2D eigenvalue weighted by Gasteiger charge is 2.35. The first-order valence-electron chi connectivity index (χ1n) is 11.1. The molecule has 6 heteroatoms. The second-order valence-electron chi connectivity index (χ2n) is 9.29. The molecule has 1 unspecified atom stereocenters. The summed E-state index contributed by atoms with van der Waals surface area (Å²) in [5.74, 6) is 0.0491. The molecule has 1 aliphatic rings. The first-order chi connectivity index (χ1) is 15.2. The van der Waals surface area contributed by atoms with E-state index in [2.05, 4.69) is 53.1 Å². The largest absolute Gasteiger partial charge is 0.390 e. The topological polar surface area (TPSA) is 78.0 Å². The lowest BCUT2D eigenvalue weighted by Crippen LogP contribution is -2.43. The number of pyridine rings is 1. The maximum atomic E-state index is 13.6. The SMILES string of the molecule is C=C(NC(Cc1ccncc1Cl)C(=O)C1CCC(C)(O)CC1)c1cc2cc(C)ccc2[nH]1. The molecular weight excluding hydrogens is 422 g/mol. The van der Waals surface area contributed by atoms with E-state index in [4.69, 9.17) is 11.6 Å². The van der Waals surface area contributed by atoms with Crippen molar-refractivity contribution in [2.75, 3.05) is 0 Å². The summed E-state index contributed by atoms with van der Waals surface area (Å²) in [6, 6.07) is 9.67. The molecule has 0 saturated heterocycles. The maximum absolute atomic E-state index is 13.6. The number of aliphatic hydroxyl groups is 1. The molecule has 0 bridgehead atoms. The van der Waals surface area contributed by atoms with Crippen molar-refractivity contribution in [3.8, 4) is 0 Å². The van der Waals surface area contributed by atoms with Gasteiger partial charge in [-0.05, 0) is 69.4 Å². The van der Waals surface area contributed by atoms with Crippen LogP contribution in [0.2, 0.25) is 5.02 Å². The van der Waals surface area contributed by atoms with E-state index in [1.165, 1.54) is 5.56 Å². The van der Waals surface area contributed by atoms with Gasteiger partial charge in [0.05, 0.1) is 28.1 Å². The van der Waals surface area contributed by atoms with E-state index in [1.54, 1.807) is 12.4 Å². The van der Waals surface area contributed by atoms with E-state index in [-0.39, 0.29) is 11.7 Å². The number of fused-ring (bicyclic) bond motifs is 1. The maximum Gasteiger partial charge on any atom is 0.158 e. The van der Waals surface area contributed by atoms with Crippen LogP contribution < -0.4 is 5.32 Å². The molecule has 0 radical (unpaired) electrons. The number of rotatable bonds is 7. The summed E-state index contributed by atoms with van der Waals surface area (Å²) in [4.78, 5) is 21.0. The average Bonchev–Trinajstić information content (AvgIpc) is 3.17. The van der Waals surface area contributed by atoms with Crippen LogP contribution in [0.15, 0.2) is 49.3 Å². The van der Waals surface area contributed by atoms with Crippen LogP contribution in [0.3, 0.4) is 0 Å². The van der Waals surface area contributed by atoms with Gasteiger partial charge in [0.25, 0.3) is 0 Å². The Morgan fingerprint density at radius 1 is 1.34 bits per heavy atom. The van der Waals surface area contributed by atoms with Gasteiger partial charge >= 0.3 is 0 Å². The number of aryl methyl sites for hydroxylation is 1. The monoisotopic (exact) mass is 451 g/mol. The average molecular weight is 452 g/mol. The Hall–Kier alpha value is -2.63. The summed E-state index contributed by atoms with van der Waals surface area (Å²) >= 11 is 6.35. The zero-order valence-electron chi connectivity index (χ0n) is 18.6. The molecule has 1 atom stereocenters. The normalized spacial score (nSPS) is 21.9. The van der Waals surface area contributed by atoms with E-state index in [0.717, 1.165) is 22.2 Å². The Morgan fingerprint density at radius 2 is 2.09 bits per heavy atom. The van der Waals surface area contributed by atoms with Crippen LogP contribution in [0, 0.1) is 12.8 Å². The summed E-state index contributed by atoms with van der Waals surface area (Å²) in [5.41, 5.74) is 3.94. The van der Waals surface area contributed by atoms with Gasteiger partial charge in [0, 0.05) is 35.6 Å². The molecule has 0 aliphatic heterocycles. The number of H-pyrrole nitrogens is 1. The van der Waals surface area contributed by atoms with Crippen molar-refractivity contribution in [2.45, 2.75) is 57.6 Å². The van der Waals surface area contributed by atoms with Gasteiger partial charge < -0.3 is 15.4 Å². The predicted molar refractivity (Wildman–Crippen MR) is 130 cm³/mol. The Kier molecular flexibility index (Phi) is 6.40. The van der Waals surface area contributed by atoms with Crippen molar-refractivity contribution in [3.63, 3.8) is 0 Å². The van der Waals surface area contributed by atoms with E-state index >= 15 is 0 Å². The third kappa shape index (κ3) is 5.05. The van der Waals surface area contributed by atoms with Gasteiger partial charge in [-0.1, -0.05) is 29.8 Å². The molecule has 3 aromatic rings. The minimum atomic E-state index is -0.680. The summed E-state index contributed by atoms with van der Waals surface area (Å²) in [5, 5.41) is 15.3. The van der Waals surface area contributed by atoms with Gasteiger partial charge in [0.2, 0.25) is 0 Å². The molecule has 168 valence electrons. The molecule has 4 rings (SSSR count). The number of aromatic amines is 1. The van der Waals surface area contributed by atoms with Crippen LogP contribution >= 0.6 is 11.6 Å². The zero-order valence-corrected chi connectivity index (χ0v) is 19.4. The van der Waals surface area contributed by atoms with Gasteiger partial charge in [-0.15, -0.1) is 0 Å². The van der Waals surface area contributed by atoms with Gasteiger partial charge in [0.1, 0.15) is 0 Å². The number of hydrogen-bond acceptors (Lipinski definition) is 4. The number of nitrogens with zero attached hydrogens (tertiary/aromatic N) is 1. The van der Waals surface area contributed by atoms with E-state index in [1.807, 2.05) is 13.0 Å². The highest BCUT2D eigenvalue weighted by Crippen LogP contribution is 2.33.